The Balaban J connectivity index is 3.16. The highest BCUT2D eigenvalue weighted by Crippen LogP contribution is 2.44. The van der Waals surface area contributed by atoms with Gasteiger partial charge in [0.15, 0.2) is 0 Å². The largest absolute Gasteiger partial charge is 0.426 e. The zero-order valence-corrected chi connectivity index (χ0v) is 9.23. The van der Waals surface area contributed by atoms with E-state index in [0.29, 0.717) is 5.56 Å². The second-order valence-electron chi connectivity index (χ2n) is 4.02. The van der Waals surface area contributed by atoms with Gasteiger partial charge in [0.25, 0.3) is 5.60 Å². The molecule has 0 aliphatic rings. The molecule has 0 aliphatic carbocycles. The number of aliphatic hydroxyl groups is 1. The molecule has 0 atom stereocenters. The number of halogens is 6. The maximum absolute atomic E-state index is 12.4. The molecule has 1 rings (SSSR count). The number of rotatable bonds is 2. The third kappa shape index (κ3) is 2.77. The highest BCUT2D eigenvalue weighted by Gasteiger charge is 2.70. The molecule has 1 nitrogen and oxygen atoms in total. The second-order valence-corrected chi connectivity index (χ2v) is 4.02. The molecule has 0 heterocycles. The lowest BCUT2D eigenvalue weighted by Gasteiger charge is -2.32. The highest BCUT2D eigenvalue weighted by molar-refractivity contribution is 5.24. The molecule has 18 heavy (non-hydrogen) atoms. The van der Waals surface area contributed by atoms with Gasteiger partial charge in [-0.2, -0.15) is 26.3 Å². The van der Waals surface area contributed by atoms with Gasteiger partial charge < -0.3 is 5.11 Å². The van der Waals surface area contributed by atoms with Gasteiger partial charge in [-0.25, -0.2) is 0 Å². The van der Waals surface area contributed by atoms with E-state index < -0.39 is 24.4 Å². The predicted octanol–water partition coefficient (Wildman–Crippen LogP) is 3.39. The molecule has 1 N–H and O–H groups in total. The zero-order chi connectivity index (χ0) is 14.2. The monoisotopic (exact) mass is 272 g/mol. The fourth-order valence-corrected chi connectivity index (χ4v) is 1.48. The van der Waals surface area contributed by atoms with Crippen LogP contribution in [-0.2, 0) is 6.42 Å². The van der Waals surface area contributed by atoms with Crippen LogP contribution in [-0.4, -0.2) is 23.1 Å². The predicted molar refractivity (Wildman–Crippen MR) is 51.9 cm³/mol. The van der Waals surface area contributed by atoms with Gasteiger partial charge in [0.2, 0.25) is 0 Å². The average molecular weight is 272 g/mol. The quantitative estimate of drug-likeness (QED) is 0.818. The normalized spacial score (nSPS) is 13.8. The van der Waals surface area contributed by atoms with Gasteiger partial charge in [-0.1, -0.05) is 29.8 Å². The summed E-state index contributed by atoms with van der Waals surface area (Å²) in [6.45, 7) is 1.53. The number of hydrogen-bond acceptors (Lipinski definition) is 1. The zero-order valence-electron chi connectivity index (χ0n) is 9.23. The van der Waals surface area contributed by atoms with Gasteiger partial charge in [-0.05, 0) is 12.5 Å². The Morgan fingerprint density at radius 3 is 1.89 bits per heavy atom. The van der Waals surface area contributed by atoms with E-state index in [0.717, 1.165) is 6.07 Å². The van der Waals surface area contributed by atoms with Crippen LogP contribution in [0, 0.1) is 6.92 Å². The first-order valence-electron chi connectivity index (χ1n) is 4.89. The van der Waals surface area contributed by atoms with E-state index in [4.69, 9.17) is 5.11 Å². The van der Waals surface area contributed by atoms with Crippen molar-refractivity contribution in [2.75, 3.05) is 0 Å². The lowest BCUT2D eigenvalue weighted by Crippen LogP contribution is -2.58. The molecule has 102 valence electrons. The Kier molecular flexibility index (Phi) is 3.67. The summed E-state index contributed by atoms with van der Waals surface area (Å²) in [4.78, 5) is 0. The topological polar surface area (TPSA) is 20.2 Å². The molecule has 0 bridgehead atoms. The van der Waals surface area contributed by atoms with Crippen molar-refractivity contribution >= 4 is 0 Å². The number of alkyl halides is 6. The Hall–Kier alpha value is -1.24. The summed E-state index contributed by atoms with van der Waals surface area (Å²) < 4.78 is 74.5. The summed E-state index contributed by atoms with van der Waals surface area (Å²) in [5, 5.41) is 8.98. The molecule has 0 radical (unpaired) electrons. The van der Waals surface area contributed by atoms with Gasteiger partial charge in [0.05, 0.1) is 0 Å². The van der Waals surface area contributed by atoms with E-state index >= 15 is 0 Å². The fraction of sp³-hybridized carbons (Fsp3) is 0.455. The van der Waals surface area contributed by atoms with Crippen molar-refractivity contribution in [3.63, 3.8) is 0 Å². The Bertz CT molecular complexity index is 406. The molecule has 0 spiro atoms. The minimum atomic E-state index is -5.78. The first-order chi connectivity index (χ1) is 7.97. The highest BCUT2D eigenvalue weighted by atomic mass is 19.4. The SMILES string of the molecule is Cc1cccc(CC(O)(C(F)(F)F)C(F)(F)F)c1. The molecule has 0 fully saturated rings. The van der Waals surface area contributed by atoms with Gasteiger partial charge >= 0.3 is 12.4 Å². The summed E-state index contributed by atoms with van der Waals surface area (Å²) in [7, 11) is 0. The van der Waals surface area contributed by atoms with Gasteiger partial charge in [0.1, 0.15) is 0 Å². The van der Waals surface area contributed by atoms with Gasteiger partial charge in [0, 0.05) is 6.42 Å². The van der Waals surface area contributed by atoms with Crippen LogP contribution in [0.2, 0.25) is 0 Å². The molecule has 0 amide bonds. The first-order valence-corrected chi connectivity index (χ1v) is 4.89. The molecule has 0 saturated carbocycles. The molecule has 7 heteroatoms. The van der Waals surface area contributed by atoms with E-state index in [1.165, 1.54) is 25.1 Å². The maximum atomic E-state index is 12.4. The van der Waals surface area contributed by atoms with E-state index in [2.05, 4.69) is 0 Å². The lowest BCUT2D eigenvalue weighted by atomic mass is 9.92. The van der Waals surface area contributed by atoms with E-state index in [1.807, 2.05) is 0 Å². The van der Waals surface area contributed by atoms with E-state index in [9.17, 15) is 26.3 Å². The summed E-state index contributed by atoms with van der Waals surface area (Å²) in [5.74, 6) is 0. The number of aryl methyl sites for hydroxylation is 1. The third-order valence-corrected chi connectivity index (χ3v) is 2.48. The molecule has 1 aromatic carbocycles. The van der Waals surface area contributed by atoms with Gasteiger partial charge in [-0.15, -0.1) is 0 Å². The van der Waals surface area contributed by atoms with Crippen molar-refractivity contribution in [2.24, 2.45) is 0 Å². The standard InChI is InChI=1S/C11H10F6O/c1-7-3-2-4-8(5-7)6-9(18,10(12,13)14)11(15,16)17/h2-5,18H,6H2,1H3. The minimum absolute atomic E-state index is 0.229. The molecule has 0 aromatic heterocycles. The molecular formula is C11H10F6O. The summed E-state index contributed by atoms with van der Waals surface area (Å²) in [5.41, 5.74) is -4.44. The lowest BCUT2D eigenvalue weighted by molar-refractivity contribution is -0.367. The van der Waals surface area contributed by atoms with Crippen LogP contribution in [0.5, 0.6) is 0 Å². The average Bonchev–Trinajstić information content (AvgIpc) is 2.13. The van der Waals surface area contributed by atoms with Crippen molar-refractivity contribution in [1.82, 2.24) is 0 Å². The van der Waals surface area contributed by atoms with Crippen molar-refractivity contribution in [1.29, 1.82) is 0 Å². The second kappa shape index (κ2) is 4.46. The molecule has 0 unspecified atom stereocenters. The van der Waals surface area contributed by atoms with Crippen molar-refractivity contribution in [3.8, 4) is 0 Å². The summed E-state index contributed by atoms with van der Waals surface area (Å²) in [6, 6.07) is 5.14. The third-order valence-electron chi connectivity index (χ3n) is 2.48. The van der Waals surface area contributed by atoms with Crippen molar-refractivity contribution in [2.45, 2.75) is 31.3 Å². The van der Waals surface area contributed by atoms with Crippen LogP contribution in [0.4, 0.5) is 26.3 Å². The molecule has 0 saturated heterocycles. The first kappa shape index (κ1) is 14.8. The summed E-state index contributed by atoms with van der Waals surface area (Å²) >= 11 is 0. The summed E-state index contributed by atoms with van der Waals surface area (Å²) in [6.07, 6.45) is -13.1. The van der Waals surface area contributed by atoms with Gasteiger partial charge in [-0.3, -0.25) is 0 Å². The number of benzene rings is 1. The maximum Gasteiger partial charge on any atom is 0.426 e. The Morgan fingerprint density at radius 2 is 1.50 bits per heavy atom. The smallest absolute Gasteiger partial charge is 0.373 e. The Morgan fingerprint density at radius 1 is 1.00 bits per heavy atom. The van der Waals surface area contributed by atoms with Crippen LogP contribution in [0.3, 0.4) is 0 Å². The minimum Gasteiger partial charge on any atom is -0.373 e. The molecule has 1 aromatic rings. The van der Waals surface area contributed by atoms with E-state index in [-0.39, 0.29) is 5.56 Å². The Labute approximate surface area is 99.0 Å². The van der Waals surface area contributed by atoms with Crippen LogP contribution in [0.15, 0.2) is 24.3 Å². The van der Waals surface area contributed by atoms with Crippen molar-refractivity contribution < 1.29 is 31.4 Å². The van der Waals surface area contributed by atoms with Crippen LogP contribution in [0.1, 0.15) is 11.1 Å². The van der Waals surface area contributed by atoms with Crippen LogP contribution in [0.25, 0.3) is 0 Å². The fourth-order valence-electron chi connectivity index (χ4n) is 1.48. The molecule has 0 aliphatic heterocycles. The van der Waals surface area contributed by atoms with Crippen LogP contribution >= 0.6 is 0 Å². The van der Waals surface area contributed by atoms with Crippen LogP contribution < -0.4 is 0 Å². The number of hydrogen-bond donors (Lipinski definition) is 1. The molecular weight excluding hydrogens is 262 g/mol. The van der Waals surface area contributed by atoms with Crippen molar-refractivity contribution in [3.05, 3.63) is 35.4 Å². The van der Waals surface area contributed by atoms with E-state index in [1.54, 1.807) is 0 Å².